The topological polar surface area (TPSA) is 267 Å². The highest BCUT2D eigenvalue weighted by Gasteiger charge is 2.80. The molecule has 4 saturated heterocycles. The van der Waals surface area contributed by atoms with Gasteiger partial charge in [0.25, 0.3) is 0 Å². The van der Waals surface area contributed by atoms with Crippen molar-refractivity contribution in [2.45, 2.75) is 217 Å². The van der Waals surface area contributed by atoms with Crippen LogP contribution in [0.3, 0.4) is 0 Å². The van der Waals surface area contributed by atoms with Crippen LogP contribution in [0.4, 0.5) is 0 Å². The maximum Gasteiger partial charge on any atom is 0.187 e. The van der Waals surface area contributed by atoms with Crippen molar-refractivity contribution in [1.29, 1.82) is 0 Å². The molecule has 0 radical (unpaired) electrons. The van der Waals surface area contributed by atoms with E-state index in [1.165, 1.54) is 6.92 Å². The van der Waals surface area contributed by atoms with E-state index in [-0.39, 0.29) is 45.8 Å². The molecule has 372 valence electrons. The zero-order chi connectivity index (χ0) is 47.3. The monoisotopic (exact) mass is 927 g/mol. The van der Waals surface area contributed by atoms with Gasteiger partial charge in [-0.05, 0) is 92.3 Å². The minimum absolute atomic E-state index is 0.0747. The molecule has 0 aromatic carbocycles. The molecule has 2 bridgehead atoms. The standard InChI is InChI=1S/C48H78O17/c1-20-21(2)39-47(16-24(20)50)19-59-48(39)15-11-27-44(7)13-12-29(43(5,6)26(44)10-14-45(27,8)46(48,9)17-28(47)51)63-41-37(34(56)31(53)23(4)61-41)65-42-38(35(57)32(54)25(18-49)62-42)64-40-36(58)33(55)30(52)22(3)60-40/h11,15,20-42,49-58H,10,12-14,16-19H2,1-9H3/t20-,21-,22-,23+,24-,25+,26-,27+,28+,29-,30-,31-,32+,33+,34-,35-,36+,37+,38+,39+,40-,41-,42-,44-,45+,46-,47-,48-/m0/s1. The molecule has 4 heterocycles. The van der Waals surface area contributed by atoms with Crippen LogP contribution in [0.25, 0.3) is 0 Å². The molecule has 9 aliphatic rings. The second-order valence-electron chi connectivity index (χ2n) is 23.5. The highest BCUT2D eigenvalue weighted by Crippen LogP contribution is 2.79. The molecule has 0 aromatic rings. The molecule has 17 heteroatoms. The second-order valence-corrected chi connectivity index (χ2v) is 23.5. The Morgan fingerprint density at radius 1 is 0.631 bits per heavy atom. The van der Waals surface area contributed by atoms with Crippen molar-refractivity contribution in [2.75, 3.05) is 13.2 Å². The van der Waals surface area contributed by atoms with Crippen LogP contribution in [0, 0.1) is 56.7 Å². The Labute approximate surface area is 382 Å². The molecule has 4 aliphatic heterocycles. The van der Waals surface area contributed by atoms with Crippen molar-refractivity contribution in [1.82, 2.24) is 0 Å². The van der Waals surface area contributed by atoms with Gasteiger partial charge in [0.1, 0.15) is 61.0 Å². The van der Waals surface area contributed by atoms with E-state index in [9.17, 15) is 51.1 Å². The van der Waals surface area contributed by atoms with Crippen LogP contribution in [-0.2, 0) is 33.2 Å². The first kappa shape index (κ1) is 49.1. The van der Waals surface area contributed by atoms with E-state index in [4.69, 9.17) is 33.2 Å². The summed E-state index contributed by atoms with van der Waals surface area (Å²) in [5.41, 5.74) is -2.32. The Kier molecular flexibility index (Phi) is 12.5. The zero-order valence-electron chi connectivity index (χ0n) is 39.4. The lowest BCUT2D eigenvalue weighted by Gasteiger charge is -2.73. The highest BCUT2D eigenvalue weighted by atomic mass is 16.8. The third-order valence-corrected chi connectivity index (χ3v) is 20.3. The van der Waals surface area contributed by atoms with Crippen LogP contribution in [0.15, 0.2) is 12.2 Å². The average molecular weight is 927 g/mol. The largest absolute Gasteiger partial charge is 0.394 e. The average Bonchev–Trinajstić information content (AvgIpc) is 3.55. The van der Waals surface area contributed by atoms with Crippen molar-refractivity contribution >= 4 is 0 Å². The first-order valence-electron chi connectivity index (χ1n) is 24.3. The van der Waals surface area contributed by atoms with Crippen LogP contribution in [0.2, 0.25) is 0 Å². The lowest BCUT2D eigenvalue weighted by atomic mass is 9.31. The van der Waals surface area contributed by atoms with Crippen LogP contribution < -0.4 is 0 Å². The van der Waals surface area contributed by atoms with Gasteiger partial charge >= 0.3 is 0 Å². The fourth-order valence-electron chi connectivity index (χ4n) is 16.1. The van der Waals surface area contributed by atoms with Crippen molar-refractivity contribution < 1.29 is 84.2 Å². The van der Waals surface area contributed by atoms with E-state index >= 15 is 0 Å². The van der Waals surface area contributed by atoms with Gasteiger partial charge in [-0.2, -0.15) is 0 Å². The van der Waals surface area contributed by atoms with E-state index in [2.05, 4.69) is 60.6 Å². The summed E-state index contributed by atoms with van der Waals surface area (Å²) in [4.78, 5) is 0. The Morgan fingerprint density at radius 3 is 1.89 bits per heavy atom. The summed E-state index contributed by atoms with van der Waals surface area (Å²) >= 11 is 0. The molecule has 4 saturated carbocycles. The van der Waals surface area contributed by atoms with E-state index in [1.807, 2.05) is 0 Å². The number of allylic oxidation sites excluding steroid dienone is 1. The molecule has 9 rings (SSSR count). The summed E-state index contributed by atoms with van der Waals surface area (Å²) in [5, 5.41) is 110. The van der Waals surface area contributed by atoms with Crippen LogP contribution in [0.1, 0.15) is 101 Å². The minimum atomic E-state index is -1.80. The highest BCUT2D eigenvalue weighted by molar-refractivity contribution is 5.36. The predicted molar refractivity (Wildman–Crippen MR) is 228 cm³/mol. The summed E-state index contributed by atoms with van der Waals surface area (Å²) < 4.78 is 44.2. The van der Waals surface area contributed by atoms with E-state index < -0.39 is 133 Å². The van der Waals surface area contributed by atoms with Gasteiger partial charge < -0.3 is 84.2 Å². The molecule has 5 aliphatic carbocycles. The number of aliphatic hydroxyl groups excluding tert-OH is 10. The van der Waals surface area contributed by atoms with E-state index in [0.29, 0.717) is 25.9 Å². The molecular weight excluding hydrogens is 849 g/mol. The third-order valence-electron chi connectivity index (χ3n) is 20.3. The molecule has 0 unspecified atom stereocenters. The zero-order valence-corrected chi connectivity index (χ0v) is 39.4. The molecular formula is C48H78O17. The third kappa shape index (κ3) is 6.79. The lowest BCUT2D eigenvalue weighted by Crippen LogP contribution is -2.73. The Morgan fingerprint density at radius 2 is 1.23 bits per heavy atom. The maximum atomic E-state index is 12.3. The lowest BCUT2D eigenvalue weighted by molar-refractivity contribution is -0.396. The number of aliphatic hydroxyl groups is 10. The molecule has 10 N–H and O–H groups in total. The molecule has 1 spiro atoms. The van der Waals surface area contributed by atoms with E-state index in [1.54, 1.807) is 6.92 Å². The predicted octanol–water partition coefficient (Wildman–Crippen LogP) is 0.483. The minimum Gasteiger partial charge on any atom is -0.394 e. The van der Waals surface area contributed by atoms with Gasteiger partial charge in [0.2, 0.25) is 0 Å². The molecule has 17 nitrogen and oxygen atoms in total. The molecule has 28 atom stereocenters. The SMILES string of the molecule is C[C@H]1[C@H](C)[C@@H](O)C[C@]23CO[C@@]4(C=C[C@@H]5[C@@]6(C)CC[C@H](O[C@@H]7O[C@H](C)[C@H](O)[C@H](O)[C@H]7O[C@@H]7O[C@H](CO)[C@@H](O)[C@H](O)[C@H]7O[C@@H]7O[C@@H](C)[C@H](O)[C@@H](O)[C@H]7O)C(C)(C)[C@@H]6CC[C@@]5(C)[C@]4(C)C[C@H]2O)[C@H]13. The fourth-order valence-corrected chi connectivity index (χ4v) is 16.1. The van der Waals surface area contributed by atoms with Crippen molar-refractivity contribution in [2.24, 2.45) is 56.7 Å². The smallest absolute Gasteiger partial charge is 0.187 e. The number of hydrogen-bond acceptors (Lipinski definition) is 17. The Balaban J connectivity index is 0.980. The first-order chi connectivity index (χ1) is 30.3. The number of rotatable bonds is 7. The van der Waals surface area contributed by atoms with Gasteiger partial charge in [0, 0.05) is 16.7 Å². The summed E-state index contributed by atoms with van der Waals surface area (Å²) in [7, 11) is 0. The second kappa shape index (κ2) is 16.6. The quantitative estimate of drug-likeness (QED) is 0.123. The number of hydrogen-bond donors (Lipinski definition) is 10. The van der Waals surface area contributed by atoms with Crippen molar-refractivity contribution in [3.63, 3.8) is 0 Å². The van der Waals surface area contributed by atoms with Crippen LogP contribution >= 0.6 is 0 Å². The van der Waals surface area contributed by atoms with Gasteiger partial charge in [-0.1, -0.05) is 60.6 Å². The summed E-state index contributed by atoms with van der Waals surface area (Å²) in [6.45, 7) is 18.8. The number of ether oxygens (including phenoxy) is 7. The molecule has 0 amide bonds. The Bertz CT molecular complexity index is 1790. The number of fused-ring (bicyclic) bond motifs is 4. The summed E-state index contributed by atoms with van der Waals surface area (Å²) in [6.07, 6.45) is -14.7. The van der Waals surface area contributed by atoms with Crippen molar-refractivity contribution in [3.05, 3.63) is 12.2 Å². The maximum absolute atomic E-state index is 12.3. The molecule has 0 aromatic heterocycles. The van der Waals surface area contributed by atoms with E-state index in [0.717, 1.165) is 19.3 Å². The first-order valence-corrected chi connectivity index (χ1v) is 24.3. The van der Waals surface area contributed by atoms with Crippen LogP contribution in [0.5, 0.6) is 0 Å². The summed E-state index contributed by atoms with van der Waals surface area (Å²) in [6, 6.07) is 0. The van der Waals surface area contributed by atoms with Gasteiger partial charge in [-0.25, -0.2) is 0 Å². The van der Waals surface area contributed by atoms with Gasteiger partial charge in [-0.15, -0.1) is 0 Å². The normalized spacial score (nSPS) is 60.6. The van der Waals surface area contributed by atoms with Gasteiger partial charge in [-0.3, -0.25) is 0 Å². The van der Waals surface area contributed by atoms with Crippen LogP contribution in [-0.4, -0.2) is 180 Å². The summed E-state index contributed by atoms with van der Waals surface area (Å²) in [5.74, 6) is 0.613. The fraction of sp³-hybridized carbons (Fsp3) is 0.958. The van der Waals surface area contributed by atoms with Crippen molar-refractivity contribution in [3.8, 4) is 0 Å². The molecule has 8 fully saturated rings. The molecule has 65 heavy (non-hydrogen) atoms. The van der Waals surface area contributed by atoms with Gasteiger partial charge in [0.15, 0.2) is 18.9 Å². The van der Waals surface area contributed by atoms with Gasteiger partial charge in [0.05, 0.1) is 49.3 Å². The Hall–Kier alpha value is -0.940.